The quantitative estimate of drug-likeness (QED) is 0.548. The van der Waals surface area contributed by atoms with Crippen molar-refractivity contribution in [2.45, 2.75) is 32.7 Å². The molecule has 0 atom stereocenters. The van der Waals surface area contributed by atoms with Crippen LogP contribution in [-0.2, 0) is 12.0 Å². The zero-order valence-corrected chi connectivity index (χ0v) is 15.8. The Bertz CT molecular complexity index is 909. The van der Waals surface area contributed by atoms with E-state index in [4.69, 9.17) is 0 Å². The van der Waals surface area contributed by atoms with Crippen molar-refractivity contribution in [2.24, 2.45) is 4.99 Å². The monoisotopic (exact) mass is 350 g/mol. The summed E-state index contributed by atoms with van der Waals surface area (Å²) >= 11 is 0. The van der Waals surface area contributed by atoms with Crippen LogP contribution in [0.15, 0.2) is 53.7 Å². The number of benzene rings is 1. The van der Waals surface area contributed by atoms with Crippen molar-refractivity contribution >= 4 is 11.6 Å². The van der Waals surface area contributed by atoms with Gasteiger partial charge in [0.1, 0.15) is 0 Å². The molecule has 3 aromatic rings. The summed E-state index contributed by atoms with van der Waals surface area (Å²) in [5.41, 5.74) is 3.47. The van der Waals surface area contributed by atoms with Crippen LogP contribution in [-0.4, -0.2) is 34.2 Å². The molecule has 6 nitrogen and oxygen atoms in total. The fourth-order valence-electron chi connectivity index (χ4n) is 3.13. The van der Waals surface area contributed by atoms with E-state index in [1.807, 2.05) is 28.8 Å². The highest BCUT2D eigenvalue weighted by Gasteiger charge is 2.22. The van der Waals surface area contributed by atoms with Gasteiger partial charge in [-0.25, -0.2) is 0 Å². The van der Waals surface area contributed by atoms with Crippen LogP contribution < -0.4 is 10.6 Å². The van der Waals surface area contributed by atoms with Crippen molar-refractivity contribution in [3.05, 3.63) is 65.6 Å². The van der Waals surface area contributed by atoms with Crippen LogP contribution in [0.4, 0.5) is 0 Å². The molecule has 0 fully saturated rings. The first-order valence-corrected chi connectivity index (χ1v) is 8.80. The molecule has 0 bridgehead atoms. The number of nitrogens with one attached hydrogen (secondary N) is 2. The Morgan fingerprint density at radius 2 is 1.85 bits per heavy atom. The normalized spacial score (nSPS) is 12.4. The Morgan fingerprint density at radius 1 is 1.08 bits per heavy atom. The summed E-state index contributed by atoms with van der Waals surface area (Å²) in [6, 6.07) is 14.4. The summed E-state index contributed by atoms with van der Waals surface area (Å²) in [5, 5.41) is 15.2. The Hall–Kier alpha value is -2.89. The van der Waals surface area contributed by atoms with Gasteiger partial charge < -0.3 is 10.6 Å². The van der Waals surface area contributed by atoms with E-state index in [0.717, 1.165) is 24.0 Å². The topological polar surface area (TPSA) is 66.6 Å². The molecule has 0 saturated carbocycles. The van der Waals surface area contributed by atoms with E-state index in [1.165, 1.54) is 11.1 Å². The summed E-state index contributed by atoms with van der Waals surface area (Å²) in [5.74, 6) is 1.60. The minimum absolute atomic E-state index is 0.00940. The van der Waals surface area contributed by atoms with E-state index in [2.05, 4.69) is 70.9 Å². The first kappa shape index (κ1) is 17.9. The number of aromatic nitrogens is 3. The maximum atomic E-state index is 4.32. The second-order valence-corrected chi connectivity index (χ2v) is 7.02. The predicted molar refractivity (Wildman–Crippen MR) is 105 cm³/mol. The lowest BCUT2D eigenvalue weighted by molar-refractivity contribution is 0.505. The molecule has 1 aromatic carbocycles. The van der Waals surface area contributed by atoms with Gasteiger partial charge in [0.25, 0.3) is 0 Å². The number of pyridine rings is 1. The van der Waals surface area contributed by atoms with Gasteiger partial charge in [0.05, 0.1) is 6.54 Å². The highest BCUT2D eigenvalue weighted by atomic mass is 15.3. The molecule has 3 rings (SSSR count). The lowest BCUT2D eigenvalue weighted by Gasteiger charge is -2.28. The third kappa shape index (κ3) is 3.85. The van der Waals surface area contributed by atoms with Crippen molar-refractivity contribution in [3.63, 3.8) is 0 Å². The number of aryl methyl sites for hydroxylation is 1. The maximum Gasteiger partial charge on any atom is 0.191 e. The highest BCUT2D eigenvalue weighted by Crippen LogP contribution is 2.25. The van der Waals surface area contributed by atoms with Crippen molar-refractivity contribution in [3.8, 4) is 0 Å². The summed E-state index contributed by atoms with van der Waals surface area (Å²) < 4.78 is 1.97. The van der Waals surface area contributed by atoms with E-state index in [1.54, 1.807) is 7.05 Å². The molecule has 0 unspecified atom stereocenters. The minimum Gasteiger partial charge on any atom is -0.356 e. The fourth-order valence-corrected chi connectivity index (χ4v) is 3.13. The summed E-state index contributed by atoms with van der Waals surface area (Å²) in [4.78, 5) is 4.32. The van der Waals surface area contributed by atoms with E-state index in [9.17, 15) is 0 Å². The molecule has 136 valence electrons. The Labute approximate surface area is 154 Å². The van der Waals surface area contributed by atoms with E-state index in [-0.39, 0.29) is 5.41 Å². The van der Waals surface area contributed by atoms with Crippen LogP contribution in [0.2, 0.25) is 0 Å². The molecular weight excluding hydrogens is 324 g/mol. The first-order valence-electron chi connectivity index (χ1n) is 8.80. The average molecular weight is 350 g/mol. The molecule has 0 aliphatic carbocycles. The standard InChI is InChI=1S/C20H26N6/c1-15-9-5-6-10-16(15)20(2,3)14-23-19(21-4)22-13-18-25-24-17-11-7-8-12-26(17)18/h5-12H,13-14H2,1-4H3,(H2,21,22,23). The van der Waals surface area contributed by atoms with Crippen LogP contribution in [0.5, 0.6) is 0 Å². The molecule has 2 N–H and O–H groups in total. The zero-order chi connectivity index (χ0) is 18.6. The summed E-state index contributed by atoms with van der Waals surface area (Å²) in [6.45, 7) is 7.96. The first-order chi connectivity index (χ1) is 12.5. The molecule has 2 heterocycles. The van der Waals surface area contributed by atoms with Crippen molar-refractivity contribution < 1.29 is 0 Å². The molecule has 2 aromatic heterocycles. The third-order valence-electron chi connectivity index (χ3n) is 4.59. The number of aliphatic imine (C=N–C) groups is 1. The highest BCUT2D eigenvalue weighted by molar-refractivity contribution is 5.79. The smallest absolute Gasteiger partial charge is 0.191 e. The number of hydrogen-bond donors (Lipinski definition) is 2. The van der Waals surface area contributed by atoms with Gasteiger partial charge in [-0.05, 0) is 30.2 Å². The predicted octanol–water partition coefficient (Wildman–Crippen LogP) is 2.68. The van der Waals surface area contributed by atoms with Gasteiger partial charge in [-0.2, -0.15) is 0 Å². The summed E-state index contributed by atoms with van der Waals surface area (Å²) in [6.07, 6.45) is 1.96. The van der Waals surface area contributed by atoms with Gasteiger partial charge in [0.2, 0.25) is 0 Å². The second kappa shape index (κ2) is 7.56. The largest absolute Gasteiger partial charge is 0.356 e. The third-order valence-corrected chi connectivity index (χ3v) is 4.59. The lowest BCUT2D eigenvalue weighted by atomic mass is 9.82. The van der Waals surface area contributed by atoms with Gasteiger partial charge in [-0.15, -0.1) is 10.2 Å². The van der Waals surface area contributed by atoms with Gasteiger partial charge in [0, 0.05) is 25.2 Å². The van der Waals surface area contributed by atoms with Crippen molar-refractivity contribution in [2.75, 3.05) is 13.6 Å². The van der Waals surface area contributed by atoms with Gasteiger partial charge in [-0.1, -0.05) is 44.2 Å². The minimum atomic E-state index is -0.00940. The number of guanidine groups is 1. The number of fused-ring (bicyclic) bond motifs is 1. The number of hydrogen-bond acceptors (Lipinski definition) is 3. The molecule has 0 saturated heterocycles. The average Bonchev–Trinajstić information content (AvgIpc) is 3.05. The van der Waals surface area contributed by atoms with Crippen LogP contribution in [0.3, 0.4) is 0 Å². The van der Waals surface area contributed by atoms with Crippen LogP contribution >= 0.6 is 0 Å². The van der Waals surface area contributed by atoms with E-state index in [0.29, 0.717) is 6.54 Å². The number of rotatable bonds is 5. The molecule has 0 aliphatic rings. The fraction of sp³-hybridized carbons (Fsp3) is 0.350. The lowest BCUT2D eigenvalue weighted by Crippen LogP contribution is -2.43. The van der Waals surface area contributed by atoms with E-state index < -0.39 is 0 Å². The summed E-state index contributed by atoms with van der Waals surface area (Å²) in [7, 11) is 1.78. The molecule has 6 heteroatoms. The molecule has 0 amide bonds. The van der Waals surface area contributed by atoms with Crippen LogP contribution in [0.25, 0.3) is 5.65 Å². The van der Waals surface area contributed by atoms with Crippen molar-refractivity contribution in [1.29, 1.82) is 0 Å². The SMILES string of the molecule is CN=C(NCc1nnc2ccccn12)NCC(C)(C)c1ccccc1C. The van der Waals surface area contributed by atoms with Crippen LogP contribution in [0, 0.1) is 6.92 Å². The number of nitrogens with zero attached hydrogens (tertiary/aromatic N) is 4. The van der Waals surface area contributed by atoms with Gasteiger partial charge in [-0.3, -0.25) is 9.39 Å². The molecule has 0 aliphatic heterocycles. The van der Waals surface area contributed by atoms with Gasteiger partial charge in [0.15, 0.2) is 17.4 Å². The zero-order valence-electron chi connectivity index (χ0n) is 15.8. The van der Waals surface area contributed by atoms with E-state index >= 15 is 0 Å². The molecule has 0 spiro atoms. The van der Waals surface area contributed by atoms with Crippen LogP contribution in [0.1, 0.15) is 30.8 Å². The molecule has 26 heavy (non-hydrogen) atoms. The Balaban J connectivity index is 1.62. The molecular formula is C20H26N6. The van der Waals surface area contributed by atoms with Gasteiger partial charge >= 0.3 is 0 Å². The maximum absolute atomic E-state index is 4.32. The second-order valence-electron chi connectivity index (χ2n) is 7.02. The molecule has 0 radical (unpaired) electrons. The Kier molecular flexibility index (Phi) is 5.21. The Morgan fingerprint density at radius 3 is 2.62 bits per heavy atom. The van der Waals surface area contributed by atoms with Crippen molar-refractivity contribution in [1.82, 2.24) is 25.2 Å².